The first-order valence-electron chi connectivity index (χ1n) is 5.89. The van der Waals surface area contributed by atoms with Crippen LogP contribution < -0.4 is 5.73 Å². The van der Waals surface area contributed by atoms with Crippen LogP contribution in [0.1, 0.15) is 32.1 Å². The van der Waals surface area contributed by atoms with Gasteiger partial charge >= 0.3 is 0 Å². The molecule has 1 aliphatic heterocycles. The maximum Gasteiger partial charge on any atom is 0.231 e. The highest BCUT2D eigenvalue weighted by molar-refractivity contribution is 5.76. The van der Waals surface area contributed by atoms with E-state index in [1.54, 1.807) is 0 Å². The highest BCUT2D eigenvalue weighted by Gasteiger charge is 2.38. The summed E-state index contributed by atoms with van der Waals surface area (Å²) in [4.78, 5) is 13.0. The van der Waals surface area contributed by atoms with Crippen molar-refractivity contribution >= 4 is 5.91 Å². The zero-order valence-corrected chi connectivity index (χ0v) is 9.06. The first-order valence-corrected chi connectivity index (χ1v) is 5.89. The van der Waals surface area contributed by atoms with Crippen molar-refractivity contribution in [3.05, 3.63) is 0 Å². The van der Waals surface area contributed by atoms with E-state index < -0.39 is 0 Å². The molecular weight excluding hydrogens is 192 g/mol. The van der Waals surface area contributed by atoms with Crippen molar-refractivity contribution in [1.29, 1.82) is 0 Å². The van der Waals surface area contributed by atoms with Gasteiger partial charge in [0.1, 0.15) is 0 Å². The van der Waals surface area contributed by atoms with Gasteiger partial charge < -0.3 is 10.8 Å². The van der Waals surface area contributed by atoms with Crippen molar-refractivity contribution < 1.29 is 9.90 Å². The summed E-state index contributed by atoms with van der Waals surface area (Å²) in [5.41, 5.74) is 5.23. The molecule has 2 rings (SSSR count). The maximum absolute atomic E-state index is 10.9. The SMILES string of the molecule is NC(=O)CN1CCC[C@@H]2CCC[C@H](O)[C@@H]21. The lowest BCUT2D eigenvalue weighted by Gasteiger charge is -2.46. The van der Waals surface area contributed by atoms with Crippen molar-refractivity contribution in [2.24, 2.45) is 11.7 Å². The van der Waals surface area contributed by atoms with Gasteiger partial charge in [0, 0.05) is 6.04 Å². The van der Waals surface area contributed by atoms with E-state index >= 15 is 0 Å². The van der Waals surface area contributed by atoms with Crippen molar-refractivity contribution in [3.8, 4) is 0 Å². The quantitative estimate of drug-likeness (QED) is 0.682. The number of hydrogen-bond donors (Lipinski definition) is 2. The number of aliphatic hydroxyl groups is 1. The third-order valence-corrected chi connectivity index (χ3v) is 3.75. The number of fused-ring (bicyclic) bond motifs is 1. The number of nitrogens with two attached hydrogens (primary N) is 1. The van der Waals surface area contributed by atoms with Gasteiger partial charge in [-0.05, 0) is 38.1 Å². The lowest BCUT2D eigenvalue weighted by molar-refractivity contribution is -0.122. The Bertz CT molecular complexity index is 243. The normalized spacial score (nSPS) is 37.3. The number of hydrogen-bond acceptors (Lipinski definition) is 3. The molecular formula is C11H20N2O2. The Morgan fingerprint density at radius 2 is 2.07 bits per heavy atom. The molecule has 4 heteroatoms. The molecule has 0 aromatic carbocycles. The Kier molecular flexibility index (Phi) is 3.26. The zero-order chi connectivity index (χ0) is 10.8. The molecule has 1 amide bonds. The number of piperidine rings is 1. The standard InChI is InChI=1S/C11H20N2O2/c12-10(15)7-13-6-2-4-8-3-1-5-9(14)11(8)13/h8-9,11,14H,1-7H2,(H2,12,15)/t8-,9-,11+/m0/s1. The third kappa shape index (κ3) is 2.32. The van der Waals surface area contributed by atoms with E-state index in [-0.39, 0.29) is 18.1 Å². The molecule has 1 saturated carbocycles. The first-order chi connectivity index (χ1) is 7.18. The van der Waals surface area contributed by atoms with Gasteiger partial charge in [-0.2, -0.15) is 0 Å². The Balaban J connectivity index is 2.05. The van der Waals surface area contributed by atoms with Crippen LogP contribution in [-0.4, -0.2) is 41.1 Å². The number of likely N-dealkylation sites (tertiary alicyclic amines) is 1. The summed E-state index contributed by atoms with van der Waals surface area (Å²) in [5.74, 6) is 0.287. The van der Waals surface area contributed by atoms with Gasteiger partial charge in [-0.15, -0.1) is 0 Å². The van der Waals surface area contributed by atoms with Crippen molar-refractivity contribution in [2.75, 3.05) is 13.1 Å². The van der Waals surface area contributed by atoms with E-state index in [4.69, 9.17) is 5.73 Å². The molecule has 3 N–H and O–H groups in total. The van der Waals surface area contributed by atoms with Gasteiger partial charge in [-0.3, -0.25) is 9.69 Å². The minimum absolute atomic E-state index is 0.181. The zero-order valence-electron chi connectivity index (χ0n) is 9.06. The topological polar surface area (TPSA) is 66.6 Å². The van der Waals surface area contributed by atoms with Crippen LogP contribution in [0.4, 0.5) is 0 Å². The predicted octanol–water partition coefficient (Wildman–Crippen LogP) is 0.0971. The van der Waals surface area contributed by atoms with Gasteiger partial charge in [-0.1, -0.05) is 6.42 Å². The fourth-order valence-corrected chi connectivity index (χ4v) is 3.19. The minimum Gasteiger partial charge on any atom is -0.391 e. The number of carbonyl (C=O) groups is 1. The summed E-state index contributed by atoms with van der Waals surface area (Å²) in [6.45, 7) is 1.21. The Morgan fingerprint density at radius 1 is 1.33 bits per heavy atom. The van der Waals surface area contributed by atoms with E-state index in [1.807, 2.05) is 0 Å². The first kappa shape index (κ1) is 10.9. The van der Waals surface area contributed by atoms with Crippen LogP contribution in [0.25, 0.3) is 0 Å². The monoisotopic (exact) mass is 212 g/mol. The molecule has 15 heavy (non-hydrogen) atoms. The second kappa shape index (κ2) is 4.49. The highest BCUT2D eigenvalue weighted by atomic mass is 16.3. The molecule has 0 radical (unpaired) electrons. The van der Waals surface area contributed by atoms with Crippen LogP contribution in [-0.2, 0) is 4.79 Å². The summed E-state index contributed by atoms with van der Waals surface area (Å²) < 4.78 is 0. The number of rotatable bonds is 2. The lowest BCUT2D eigenvalue weighted by Crippen LogP contribution is -2.55. The van der Waals surface area contributed by atoms with Gasteiger partial charge in [-0.25, -0.2) is 0 Å². The molecule has 1 aliphatic carbocycles. The Morgan fingerprint density at radius 3 is 2.80 bits per heavy atom. The van der Waals surface area contributed by atoms with Crippen LogP contribution in [0.2, 0.25) is 0 Å². The molecule has 2 fully saturated rings. The number of carbonyl (C=O) groups excluding carboxylic acids is 1. The van der Waals surface area contributed by atoms with Crippen molar-refractivity contribution in [1.82, 2.24) is 4.90 Å². The molecule has 2 aliphatic rings. The lowest BCUT2D eigenvalue weighted by atomic mass is 9.76. The molecule has 4 nitrogen and oxygen atoms in total. The number of nitrogens with zero attached hydrogens (tertiary/aromatic N) is 1. The fraction of sp³-hybridized carbons (Fsp3) is 0.909. The molecule has 86 valence electrons. The van der Waals surface area contributed by atoms with E-state index in [9.17, 15) is 9.90 Å². The minimum atomic E-state index is -0.284. The van der Waals surface area contributed by atoms with Gasteiger partial charge in [0.25, 0.3) is 0 Å². The summed E-state index contributed by atoms with van der Waals surface area (Å²) in [5, 5.41) is 9.99. The maximum atomic E-state index is 10.9. The summed E-state index contributed by atoms with van der Waals surface area (Å²) in [6, 6.07) is 0.181. The average molecular weight is 212 g/mol. The average Bonchev–Trinajstić information content (AvgIpc) is 2.17. The van der Waals surface area contributed by atoms with Crippen molar-refractivity contribution in [3.63, 3.8) is 0 Å². The Labute approximate surface area is 90.4 Å². The van der Waals surface area contributed by atoms with Crippen LogP contribution in [0.15, 0.2) is 0 Å². The van der Waals surface area contributed by atoms with E-state index in [0.717, 1.165) is 25.8 Å². The third-order valence-electron chi connectivity index (χ3n) is 3.75. The van der Waals surface area contributed by atoms with E-state index in [0.29, 0.717) is 12.5 Å². The second-order valence-corrected chi connectivity index (χ2v) is 4.83. The smallest absolute Gasteiger partial charge is 0.231 e. The molecule has 3 atom stereocenters. The summed E-state index contributed by atoms with van der Waals surface area (Å²) >= 11 is 0. The van der Waals surface area contributed by atoms with Crippen LogP contribution in [0.5, 0.6) is 0 Å². The van der Waals surface area contributed by atoms with E-state index in [1.165, 1.54) is 12.8 Å². The van der Waals surface area contributed by atoms with E-state index in [2.05, 4.69) is 4.90 Å². The van der Waals surface area contributed by atoms with Gasteiger partial charge in [0.15, 0.2) is 0 Å². The van der Waals surface area contributed by atoms with Gasteiger partial charge in [0.05, 0.1) is 12.6 Å². The number of amides is 1. The predicted molar refractivity (Wildman–Crippen MR) is 57.1 cm³/mol. The molecule has 1 saturated heterocycles. The highest BCUT2D eigenvalue weighted by Crippen LogP contribution is 2.35. The molecule has 0 bridgehead atoms. The fourth-order valence-electron chi connectivity index (χ4n) is 3.19. The molecule has 1 heterocycles. The largest absolute Gasteiger partial charge is 0.391 e. The number of aliphatic hydroxyl groups excluding tert-OH is 1. The van der Waals surface area contributed by atoms with Crippen LogP contribution >= 0.6 is 0 Å². The number of primary amides is 1. The molecule has 0 aromatic heterocycles. The summed E-state index contributed by atoms with van der Waals surface area (Å²) in [6.07, 6.45) is 5.24. The molecule has 0 aromatic rings. The van der Waals surface area contributed by atoms with Crippen LogP contribution in [0, 0.1) is 5.92 Å². The van der Waals surface area contributed by atoms with Crippen molar-refractivity contribution in [2.45, 2.75) is 44.2 Å². The molecule has 0 unspecified atom stereocenters. The second-order valence-electron chi connectivity index (χ2n) is 4.83. The van der Waals surface area contributed by atoms with Gasteiger partial charge in [0.2, 0.25) is 5.91 Å². The van der Waals surface area contributed by atoms with Crippen LogP contribution in [0.3, 0.4) is 0 Å². The molecule has 0 spiro atoms. The Hall–Kier alpha value is -0.610. The summed E-state index contributed by atoms with van der Waals surface area (Å²) in [7, 11) is 0.